The molecule has 0 unspecified atom stereocenters. The fraction of sp³-hybridized carbons (Fsp3) is 0.269. The average molecular weight is 398 g/mol. The number of nitrogens with zero attached hydrogens (tertiary/aromatic N) is 1. The van der Waals surface area contributed by atoms with Crippen LogP contribution in [-0.2, 0) is 4.79 Å². The SMILES string of the molecule is Cc1cccc(-c2ccc(C3CCN(C(=O)C4=CC(=N)C(=N)C=C4)CC3)cc2)c1C. The molecule has 1 aliphatic carbocycles. The van der Waals surface area contributed by atoms with Gasteiger partial charge in [-0.3, -0.25) is 15.6 Å². The molecule has 1 amide bonds. The van der Waals surface area contributed by atoms with Crippen LogP contribution in [0.1, 0.15) is 35.4 Å². The van der Waals surface area contributed by atoms with Crippen LogP contribution in [0.2, 0.25) is 0 Å². The van der Waals surface area contributed by atoms with Crippen LogP contribution < -0.4 is 0 Å². The molecule has 2 N–H and O–H groups in total. The largest absolute Gasteiger partial charge is 0.339 e. The van der Waals surface area contributed by atoms with Gasteiger partial charge in [-0.25, -0.2) is 0 Å². The Labute approximate surface area is 177 Å². The third kappa shape index (κ3) is 3.90. The molecule has 0 radical (unpaired) electrons. The summed E-state index contributed by atoms with van der Waals surface area (Å²) in [4.78, 5) is 14.6. The van der Waals surface area contributed by atoms with Crippen LogP contribution in [0.15, 0.2) is 66.3 Å². The van der Waals surface area contributed by atoms with E-state index in [1.54, 1.807) is 6.08 Å². The standard InChI is InChI=1S/C26H27N3O/c1-17-4-3-5-23(18(17)2)21-8-6-19(7-9-21)20-12-14-29(15-13-20)26(30)22-10-11-24(27)25(28)16-22/h3-11,16,20,27-28H,12-15H2,1-2H3. The molecule has 2 aromatic carbocycles. The summed E-state index contributed by atoms with van der Waals surface area (Å²) >= 11 is 0. The Bertz CT molecular complexity index is 1070. The third-order valence-corrected chi connectivity index (χ3v) is 6.35. The molecule has 0 saturated carbocycles. The van der Waals surface area contributed by atoms with E-state index in [0.717, 1.165) is 25.9 Å². The van der Waals surface area contributed by atoms with E-state index in [9.17, 15) is 4.79 Å². The molecule has 2 aromatic rings. The van der Waals surface area contributed by atoms with E-state index in [4.69, 9.17) is 10.8 Å². The van der Waals surface area contributed by atoms with Gasteiger partial charge in [-0.15, -0.1) is 0 Å². The van der Waals surface area contributed by atoms with E-state index in [0.29, 0.717) is 11.5 Å². The second-order valence-electron chi connectivity index (χ2n) is 8.20. The molecule has 1 aliphatic heterocycles. The number of aryl methyl sites for hydroxylation is 1. The molecular weight excluding hydrogens is 370 g/mol. The molecule has 2 aliphatic rings. The van der Waals surface area contributed by atoms with Gasteiger partial charge in [0, 0.05) is 18.7 Å². The van der Waals surface area contributed by atoms with Crippen LogP contribution in [0.4, 0.5) is 0 Å². The fourth-order valence-corrected chi connectivity index (χ4v) is 4.27. The van der Waals surface area contributed by atoms with Gasteiger partial charge in [-0.1, -0.05) is 42.5 Å². The van der Waals surface area contributed by atoms with Crippen molar-refractivity contribution >= 4 is 17.3 Å². The highest BCUT2D eigenvalue weighted by Crippen LogP contribution is 2.32. The Morgan fingerprint density at radius 2 is 1.63 bits per heavy atom. The number of likely N-dealkylation sites (tertiary alicyclic amines) is 1. The van der Waals surface area contributed by atoms with Crippen LogP contribution in [0.5, 0.6) is 0 Å². The van der Waals surface area contributed by atoms with E-state index in [-0.39, 0.29) is 17.3 Å². The summed E-state index contributed by atoms with van der Waals surface area (Å²) in [6.45, 7) is 5.76. The monoisotopic (exact) mass is 397 g/mol. The summed E-state index contributed by atoms with van der Waals surface area (Å²) in [6.07, 6.45) is 6.57. The smallest absolute Gasteiger partial charge is 0.253 e. The number of carbonyl (C=O) groups excluding carboxylic acids is 1. The molecule has 0 spiro atoms. The number of allylic oxidation sites excluding steroid dienone is 2. The van der Waals surface area contributed by atoms with Crippen LogP contribution in [0, 0.1) is 24.7 Å². The maximum absolute atomic E-state index is 12.7. The Morgan fingerprint density at radius 3 is 2.30 bits per heavy atom. The lowest BCUT2D eigenvalue weighted by Gasteiger charge is -2.33. The summed E-state index contributed by atoms with van der Waals surface area (Å²) < 4.78 is 0. The first-order valence-electron chi connectivity index (χ1n) is 10.5. The van der Waals surface area contributed by atoms with Gasteiger partial charge in [0.25, 0.3) is 5.91 Å². The zero-order chi connectivity index (χ0) is 21.3. The van der Waals surface area contributed by atoms with Gasteiger partial charge in [0.15, 0.2) is 0 Å². The highest BCUT2D eigenvalue weighted by Gasteiger charge is 2.26. The maximum atomic E-state index is 12.7. The van der Waals surface area contributed by atoms with E-state index in [1.807, 2.05) is 4.90 Å². The molecule has 0 atom stereocenters. The minimum absolute atomic E-state index is 0.0350. The van der Waals surface area contributed by atoms with Crippen LogP contribution >= 0.6 is 0 Å². The second kappa shape index (κ2) is 8.23. The zero-order valence-corrected chi connectivity index (χ0v) is 17.5. The molecule has 1 saturated heterocycles. The molecule has 4 heteroatoms. The normalized spacial score (nSPS) is 17.3. The lowest BCUT2D eigenvalue weighted by Crippen LogP contribution is -2.39. The molecular formula is C26H27N3O. The number of benzene rings is 2. The predicted octanol–water partition coefficient (Wildman–Crippen LogP) is 5.21. The van der Waals surface area contributed by atoms with Crippen molar-refractivity contribution < 1.29 is 4.79 Å². The van der Waals surface area contributed by atoms with Crippen molar-refractivity contribution in [1.29, 1.82) is 10.8 Å². The predicted molar refractivity (Wildman–Crippen MR) is 123 cm³/mol. The second-order valence-corrected chi connectivity index (χ2v) is 8.20. The first-order chi connectivity index (χ1) is 14.4. The van der Waals surface area contributed by atoms with Crippen molar-refractivity contribution in [2.24, 2.45) is 0 Å². The molecule has 152 valence electrons. The summed E-state index contributed by atoms with van der Waals surface area (Å²) in [6, 6.07) is 15.3. The lowest BCUT2D eigenvalue weighted by atomic mass is 9.87. The van der Waals surface area contributed by atoms with Gasteiger partial charge in [-0.2, -0.15) is 0 Å². The first kappa shape index (κ1) is 20.0. The van der Waals surface area contributed by atoms with Crippen LogP contribution in [-0.4, -0.2) is 35.3 Å². The number of carbonyl (C=O) groups is 1. The number of rotatable bonds is 3. The summed E-state index contributed by atoms with van der Waals surface area (Å²) in [5.41, 5.74) is 7.26. The Morgan fingerprint density at radius 1 is 0.933 bits per heavy atom. The van der Waals surface area contributed by atoms with Crippen molar-refractivity contribution in [1.82, 2.24) is 4.90 Å². The Balaban J connectivity index is 1.41. The first-order valence-corrected chi connectivity index (χ1v) is 10.5. The molecule has 0 aromatic heterocycles. The fourth-order valence-electron chi connectivity index (χ4n) is 4.27. The summed E-state index contributed by atoms with van der Waals surface area (Å²) in [5, 5.41) is 15.4. The zero-order valence-electron chi connectivity index (χ0n) is 17.5. The van der Waals surface area contributed by atoms with E-state index in [2.05, 4.69) is 56.3 Å². The maximum Gasteiger partial charge on any atom is 0.253 e. The number of hydrogen-bond donors (Lipinski definition) is 2. The van der Waals surface area contributed by atoms with Crippen molar-refractivity contribution in [2.75, 3.05) is 13.1 Å². The van der Waals surface area contributed by atoms with Gasteiger partial charge in [-0.05, 0) is 78.7 Å². The van der Waals surface area contributed by atoms with E-state index >= 15 is 0 Å². The Kier molecular flexibility index (Phi) is 5.49. The average Bonchev–Trinajstić information content (AvgIpc) is 2.77. The minimum Gasteiger partial charge on any atom is -0.339 e. The summed E-state index contributed by atoms with van der Waals surface area (Å²) in [7, 11) is 0. The number of amides is 1. The van der Waals surface area contributed by atoms with Crippen molar-refractivity contribution in [3.63, 3.8) is 0 Å². The van der Waals surface area contributed by atoms with Crippen molar-refractivity contribution in [3.8, 4) is 11.1 Å². The number of piperidine rings is 1. The molecule has 4 nitrogen and oxygen atoms in total. The Hall–Kier alpha value is -3.27. The minimum atomic E-state index is -0.0350. The molecule has 0 bridgehead atoms. The summed E-state index contributed by atoms with van der Waals surface area (Å²) in [5.74, 6) is 0.427. The van der Waals surface area contributed by atoms with Gasteiger partial charge in [0.1, 0.15) is 0 Å². The molecule has 1 fully saturated rings. The number of hydrogen-bond acceptors (Lipinski definition) is 3. The van der Waals surface area contributed by atoms with Gasteiger partial charge < -0.3 is 4.90 Å². The highest BCUT2D eigenvalue weighted by molar-refractivity contribution is 6.49. The van der Waals surface area contributed by atoms with Gasteiger partial charge in [0.2, 0.25) is 0 Å². The van der Waals surface area contributed by atoms with Gasteiger partial charge >= 0.3 is 0 Å². The topological polar surface area (TPSA) is 68.0 Å². The van der Waals surface area contributed by atoms with Crippen LogP contribution in [0.25, 0.3) is 11.1 Å². The van der Waals surface area contributed by atoms with Crippen molar-refractivity contribution in [2.45, 2.75) is 32.6 Å². The third-order valence-electron chi connectivity index (χ3n) is 6.35. The lowest BCUT2D eigenvalue weighted by molar-refractivity contribution is -0.127. The van der Waals surface area contributed by atoms with E-state index < -0.39 is 0 Å². The highest BCUT2D eigenvalue weighted by atomic mass is 16.2. The van der Waals surface area contributed by atoms with Crippen molar-refractivity contribution in [3.05, 3.63) is 83.0 Å². The number of nitrogens with one attached hydrogen (secondary N) is 2. The van der Waals surface area contributed by atoms with Crippen LogP contribution in [0.3, 0.4) is 0 Å². The quantitative estimate of drug-likeness (QED) is 0.686. The molecule has 4 rings (SSSR count). The molecule has 1 heterocycles. The van der Waals surface area contributed by atoms with E-state index in [1.165, 1.54) is 40.0 Å². The molecule has 30 heavy (non-hydrogen) atoms. The van der Waals surface area contributed by atoms with Gasteiger partial charge in [0.05, 0.1) is 11.4 Å².